The summed E-state index contributed by atoms with van der Waals surface area (Å²) in [6, 6.07) is 11.8. The minimum absolute atomic E-state index is 0.150. The maximum atomic E-state index is 14.5. The molecular formula is C48H50F4N10OS. The third-order valence-corrected chi connectivity index (χ3v) is 13.1. The molecule has 0 unspecified atom stereocenters. The fraction of sp³-hybridized carbons (Fsp3) is 0.375. The van der Waals surface area contributed by atoms with E-state index in [-0.39, 0.29) is 16.8 Å². The average molecular weight is 891 g/mol. The van der Waals surface area contributed by atoms with Crippen LogP contribution in [0.3, 0.4) is 0 Å². The summed E-state index contributed by atoms with van der Waals surface area (Å²) in [7, 11) is 0. The van der Waals surface area contributed by atoms with Gasteiger partial charge in [0.2, 0.25) is 0 Å². The lowest BCUT2D eigenvalue weighted by Crippen LogP contribution is -2.31. The number of H-pyrrole nitrogens is 2. The zero-order chi connectivity index (χ0) is 44.6. The molecule has 64 heavy (non-hydrogen) atoms. The lowest BCUT2D eigenvalue weighted by molar-refractivity contribution is 0.0166. The standard InChI is InChI=1S/C25H27F2N5O.C23H23F2N5S/c1-14-23(15(2)33-32-14)17-6-7-18-19(12-29-21(18)10-17)24-20(25(3,26)27)13-30-22(31-24)9-16-5-4-8-28-11-16;1-23(24,25)18-13-29-20(9-14-3-2-6-26-11-14)30-21(18)17-12-28-19-10-15(4-5-16(17)19)22-27-7-8-31-22/h6-7,10,12-13,16,28-29H,4-5,8-9,11H2,1-3H3;4-5,7-8,10,12-14,26,28H,2-3,6,9,11H2,1H3/t16-;14-/m11/s1. The van der Waals surface area contributed by atoms with E-state index in [0.717, 1.165) is 121 Å². The molecule has 2 aromatic carbocycles. The van der Waals surface area contributed by atoms with Gasteiger partial charge in [0, 0.05) is 107 Å². The first kappa shape index (κ1) is 43.4. The van der Waals surface area contributed by atoms with E-state index in [1.807, 2.05) is 55.6 Å². The highest BCUT2D eigenvalue weighted by Crippen LogP contribution is 2.40. The van der Waals surface area contributed by atoms with Crippen LogP contribution in [0.1, 0.15) is 73.8 Å². The molecule has 16 heteroatoms. The molecule has 10 rings (SSSR count). The predicted molar refractivity (Wildman–Crippen MR) is 242 cm³/mol. The van der Waals surface area contributed by atoms with Crippen LogP contribution in [-0.2, 0) is 24.7 Å². The fourth-order valence-electron chi connectivity index (χ4n) is 8.99. The molecule has 332 valence electrons. The van der Waals surface area contributed by atoms with E-state index in [0.29, 0.717) is 53.1 Å². The molecule has 0 amide bonds. The van der Waals surface area contributed by atoms with Crippen LogP contribution in [0.25, 0.3) is 66.0 Å². The number of aromatic amines is 2. The molecule has 8 heterocycles. The van der Waals surface area contributed by atoms with Gasteiger partial charge in [-0.2, -0.15) is 0 Å². The van der Waals surface area contributed by atoms with Gasteiger partial charge in [-0.05, 0) is 95.2 Å². The molecule has 2 fully saturated rings. The molecule has 0 bridgehead atoms. The van der Waals surface area contributed by atoms with Crippen LogP contribution < -0.4 is 10.6 Å². The minimum Gasteiger partial charge on any atom is -0.361 e. The van der Waals surface area contributed by atoms with E-state index in [2.05, 4.69) is 50.7 Å². The number of hydrogen-bond acceptors (Lipinski definition) is 10. The van der Waals surface area contributed by atoms with Crippen LogP contribution in [-0.4, -0.2) is 66.2 Å². The maximum Gasteiger partial charge on any atom is 0.274 e. The lowest BCUT2D eigenvalue weighted by Gasteiger charge is -2.22. The molecule has 2 saturated heterocycles. The number of aromatic nitrogens is 8. The lowest BCUT2D eigenvalue weighted by atomic mass is 9.95. The third kappa shape index (κ3) is 9.22. The number of aryl methyl sites for hydroxylation is 2. The van der Waals surface area contributed by atoms with E-state index in [4.69, 9.17) is 4.52 Å². The number of rotatable bonds is 10. The van der Waals surface area contributed by atoms with Crippen LogP contribution in [0.2, 0.25) is 0 Å². The second-order valence-corrected chi connectivity index (χ2v) is 18.1. The smallest absolute Gasteiger partial charge is 0.274 e. The summed E-state index contributed by atoms with van der Waals surface area (Å²) in [6.45, 7) is 9.44. The van der Waals surface area contributed by atoms with E-state index in [9.17, 15) is 17.6 Å². The first-order valence-corrected chi connectivity index (χ1v) is 22.6. The van der Waals surface area contributed by atoms with Crippen molar-refractivity contribution in [2.75, 3.05) is 26.2 Å². The van der Waals surface area contributed by atoms with E-state index < -0.39 is 11.8 Å². The molecule has 2 atom stereocenters. The number of nitrogens with zero attached hydrogens (tertiary/aromatic N) is 6. The van der Waals surface area contributed by atoms with Crippen molar-refractivity contribution in [2.24, 2.45) is 11.8 Å². The Morgan fingerprint density at radius 1 is 0.719 bits per heavy atom. The van der Waals surface area contributed by atoms with Crippen LogP contribution in [0.5, 0.6) is 0 Å². The number of halogens is 4. The number of hydrogen-bond donors (Lipinski definition) is 4. The summed E-state index contributed by atoms with van der Waals surface area (Å²) in [5, 5.41) is 15.4. The molecule has 4 N–H and O–H groups in total. The SMILES string of the molecule is CC(F)(F)c1cnc(C[C@H]2CCCNC2)nc1-c1c[nH]c2cc(-c3nccs3)ccc12.Cc1noc(C)c1-c1ccc2c(-c3nc(C[C@H]4CCCNC4)ncc3C(C)(F)F)c[nH]c2c1. The van der Waals surface area contributed by atoms with Crippen molar-refractivity contribution in [1.82, 2.24) is 50.7 Å². The van der Waals surface area contributed by atoms with Crippen LogP contribution in [0.15, 0.2) is 77.3 Å². The highest BCUT2D eigenvalue weighted by Gasteiger charge is 2.33. The molecule has 2 aliphatic rings. The quantitative estimate of drug-likeness (QED) is 0.0986. The van der Waals surface area contributed by atoms with E-state index in [1.54, 1.807) is 29.9 Å². The monoisotopic (exact) mass is 890 g/mol. The number of thiazole rings is 1. The van der Waals surface area contributed by atoms with Gasteiger partial charge in [0.25, 0.3) is 11.8 Å². The van der Waals surface area contributed by atoms with E-state index >= 15 is 0 Å². The Kier molecular flexibility index (Phi) is 12.2. The largest absolute Gasteiger partial charge is 0.361 e. The Bertz CT molecular complexity index is 2860. The Hall–Kier alpha value is -5.84. The van der Waals surface area contributed by atoms with Crippen molar-refractivity contribution >= 4 is 33.1 Å². The van der Waals surface area contributed by atoms with Crippen LogP contribution >= 0.6 is 11.3 Å². The van der Waals surface area contributed by atoms with Crippen LogP contribution in [0.4, 0.5) is 17.6 Å². The van der Waals surface area contributed by atoms with Gasteiger partial charge in [0.1, 0.15) is 22.4 Å². The molecule has 11 nitrogen and oxygen atoms in total. The first-order valence-electron chi connectivity index (χ1n) is 21.8. The van der Waals surface area contributed by atoms with Gasteiger partial charge in [0.15, 0.2) is 0 Å². The van der Waals surface area contributed by atoms with Gasteiger partial charge < -0.3 is 25.1 Å². The Morgan fingerprint density at radius 3 is 1.70 bits per heavy atom. The second-order valence-electron chi connectivity index (χ2n) is 17.2. The van der Waals surface area contributed by atoms with Crippen molar-refractivity contribution in [2.45, 2.75) is 78.1 Å². The van der Waals surface area contributed by atoms with Gasteiger partial charge in [-0.1, -0.05) is 29.4 Å². The highest BCUT2D eigenvalue weighted by molar-refractivity contribution is 7.13. The Labute approximate surface area is 372 Å². The highest BCUT2D eigenvalue weighted by atomic mass is 32.1. The zero-order valence-corrected chi connectivity index (χ0v) is 37.0. The van der Waals surface area contributed by atoms with Crippen molar-refractivity contribution in [3.8, 4) is 44.2 Å². The topological polar surface area (TPSA) is 146 Å². The number of piperidine rings is 2. The summed E-state index contributed by atoms with van der Waals surface area (Å²) in [5.74, 6) is -3.29. The zero-order valence-electron chi connectivity index (χ0n) is 36.2. The van der Waals surface area contributed by atoms with Gasteiger partial charge in [-0.15, -0.1) is 11.3 Å². The molecule has 0 aliphatic carbocycles. The maximum absolute atomic E-state index is 14.5. The summed E-state index contributed by atoms with van der Waals surface area (Å²) >= 11 is 1.56. The first-order chi connectivity index (χ1) is 30.8. The fourth-order valence-corrected chi connectivity index (χ4v) is 9.63. The van der Waals surface area contributed by atoms with Crippen molar-refractivity contribution in [3.63, 3.8) is 0 Å². The molecule has 0 saturated carbocycles. The molecule has 6 aromatic heterocycles. The third-order valence-electron chi connectivity index (χ3n) is 12.2. The predicted octanol–water partition coefficient (Wildman–Crippen LogP) is 11.0. The number of benzene rings is 2. The molecule has 0 spiro atoms. The summed E-state index contributed by atoms with van der Waals surface area (Å²) in [6.07, 6.45) is 13.7. The van der Waals surface area contributed by atoms with Crippen molar-refractivity contribution < 1.29 is 22.1 Å². The summed E-state index contributed by atoms with van der Waals surface area (Å²) < 4.78 is 63.2. The van der Waals surface area contributed by atoms with Gasteiger partial charge in [-0.3, -0.25) is 0 Å². The number of fused-ring (bicyclic) bond motifs is 2. The second kappa shape index (κ2) is 18.0. The van der Waals surface area contributed by atoms with Gasteiger partial charge in [0.05, 0.1) is 28.2 Å². The van der Waals surface area contributed by atoms with Crippen LogP contribution in [0, 0.1) is 25.7 Å². The average Bonchev–Trinajstić information content (AvgIpc) is 4.11. The Morgan fingerprint density at radius 2 is 1.25 bits per heavy atom. The van der Waals surface area contributed by atoms with Gasteiger partial charge >= 0.3 is 0 Å². The summed E-state index contributed by atoms with van der Waals surface area (Å²) in [4.78, 5) is 28.7. The molecule has 8 aromatic rings. The van der Waals surface area contributed by atoms with Crippen molar-refractivity contribution in [1.29, 1.82) is 0 Å². The number of nitrogens with one attached hydrogen (secondary N) is 4. The van der Waals surface area contributed by atoms with E-state index in [1.165, 1.54) is 12.4 Å². The Balaban J connectivity index is 0.000000162. The van der Waals surface area contributed by atoms with Gasteiger partial charge in [-0.25, -0.2) is 42.5 Å². The normalized spacial score (nSPS) is 17.2. The molecule has 2 aliphatic heterocycles. The summed E-state index contributed by atoms with van der Waals surface area (Å²) in [5.41, 5.74) is 7.00. The van der Waals surface area contributed by atoms with Crippen molar-refractivity contribution in [3.05, 3.63) is 107 Å². The molecule has 0 radical (unpaired) electrons. The number of alkyl halides is 4. The minimum atomic E-state index is -3.06. The molecular weight excluding hydrogens is 841 g/mol.